The lowest BCUT2D eigenvalue weighted by molar-refractivity contribution is -0.117. The van der Waals surface area contributed by atoms with Crippen molar-refractivity contribution in [1.82, 2.24) is 5.32 Å². The van der Waals surface area contributed by atoms with Gasteiger partial charge in [0.15, 0.2) is 0 Å². The fourth-order valence-electron chi connectivity index (χ4n) is 2.34. The molecule has 1 aliphatic rings. The second-order valence-electron chi connectivity index (χ2n) is 6.04. The number of carbonyl (C=O) groups is 1. The second kappa shape index (κ2) is 6.48. The Bertz CT molecular complexity index is 514. The summed E-state index contributed by atoms with van der Waals surface area (Å²) >= 11 is 0. The topological polar surface area (TPSA) is 62.5 Å². The number of furan rings is 1. The first-order valence-corrected chi connectivity index (χ1v) is 7.75. The first-order chi connectivity index (χ1) is 9.97. The highest BCUT2D eigenvalue weighted by Gasteiger charge is 2.36. The first-order valence-electron chi connectivity index (χ1n) is 7.75. The molecule has 0 saturated heterocycles. The van der Waals surface area contributed by atoms with Crippen LogP contribution < -0.4 is 5.32 Å². The van der Waals surface area contributed by atoms with Gasteiger partial charge in [-0.1, -0.05) is 20.8 Å². The molecule has 1 aromatic rings. The smallest absolute Gasteiger partial charge is 0.244 e. The molecule has 0 spiro atoms. The van der Waals surface area contributed by atoms with Crippen molar-refractivity contribution < 1.29 is 14.3 Å². The maximum atomic E-state index is 11.7. The summed E-state index contributed by atoms with van der Waals surface area (Å²) in [6.07, 6.45) is 5.54. The van der Waals surface area contributed by atoms with E-state index in [0.717, 1.165) is 5.76 Å². The Morgan fingerprint density at radius 1 is 1.48 bits per heavy atom. The molecule has 21 heavy (non-hydrogen) atoms. The van der Waals surface area contributed by atoms with Gasteiger partial charge in [0.1, 0.15) is 11.5 Å². The van der Waals surface area contributed by atoms with E-state index in [4.69, 9.17) is 4.42 Å². The Morgan fingerprint density at radius 3 is 2.71 bits per heavy atom. The van der Waals surface area contributed by atoms with E-state index in [1.807, 2.05) is 26.0 Å². The van der Waals surface area contributed by atoms with Crippen molar-refractivity contribution in [1.29, 1.82) is 0 Å². The van der Waals surface area contributed by atoms with Gasteiger partial charge >= 0.3 is 0 Å². The third-order valence-electron chi connectivity index (χ3n) is 4.43. The van der Waals surface area contributed by atoms with E-state index in [-0.39, 0.29) is 12.5 Å². The molecule has 0 radical (unpaired) electrons. The summed E-state index contributed by atoms with van der Waals surface area (Å²) in [5.41, 5.74) is -0.816. The van der Waals surface area contributed by atoms with Gasteiger partial charge < -0.3 is 14.8 Å². The van der Waals surface area contributed by atoms with Crippen LogP contribution in [0.5, 0.6) is 0 Å². The standard InChI is InChI=1S/C17H25NO3/c1-4-17(20,5-2)11-18-16(19)9-7-13-6-8-15(21-13)14-10-12(14)3/h6-9,12,14,20H,4-5,10-11H2,1-3H3,(H,18,19). The summed E-state index contributed by atoms with van der Waals surface area (Å²) < 4.78 is 5.70. The van der Waals surface area contributed by atoms with E-state index in [0.29, 0.717) is 30.4 Å². The molecule has 4 heteroatoms. The number of hydrogen-bond acceptors (Lipinski definition) is 3. The summed E-state index contributed by atoms with van der Waals surface area (Å²) in [7, 11) is 0. The van der Waals surface area contributed by atoms with Crippen molar-refractivity contribution in [2.45, 2.75) is 51.6 Å². The van der Waals surface area contributed by atoms with Crippen LogP contribution in [-0.4, -0.2) is 23.2 Å². The van der Waals surface area contributed by atoms with Crippen LogP contribution in [0.3, 0.4) is 0 Å². The lowest BCUT2D eigenvalue weighted by Gasteiger charge is -2.24. The van der Waals surface area contributed by atoms with Gasteiger partial charge in [0.2, 0.25) is 5.91 Å². The third-order valence-corrected chi connectivity index (χ3v) is 4.43. The minimum absolute atomic E-state index is 0.215. The lowest BCUT2D eigenvalue weighted by Crippen LogP contribution is -2.41. The highest BCUT2D eigenvalue weighted by Crippen LogP contribution is 2.47. The quantitative estimate of drug-likeness (QED) is 0.759. The monoisotopic (exact) mass is 291 g/mol. The first kappa shape index (κ1) is 15.8. The van der Waals surface area contributed by atoms with E-state index in [1.165, 1.54) is 12.5 Å². The second-order valence-corrected chi connectivity index (χ2v) is 6.04. The highest BCUT2D eigenvalue weighted by atomic mass is 16.3. The van der Waals surface area contributed by atoms with Gasteiger partial charge in [0.25, 0.3) is 0 Å². The van der Waals surface area contributed by atoms with E-state index >= 15 is 0 Å². The number of carbonyl (C=O) groups excluding carboxylic acids is 1. The predicted octanol–water partition coefficient (Wildman–Crippen LogP) is 3.08. The Hall–Kier alpha value is -1.55. The van der Waals surface area contributed by atoms with Crippen molar-refractivity contribution in [3.05, 3.63) is 29.7 Å². The SMILES string of the molecule is CCC(O)(CC)CNC(=O)C=Cc1ccc(C2CC2C)o1. The van der Waals surface area contributed by atoms with Gasteiger partial charge in [-0.05, 0) is 43.4 Å². The molecule has 1 saturated carbocycles. The largest absolute Gasteiger partial charge is 0.461 e. The average molecular weight is 291 g/mol. The molecule has 0 bridgehead atoms. The molecule has 1 aliphatic carbocycles. The molecular formula is C17H25NO3. The average Bonchev–Trinajstić information content (AvgIpc) is 3.03. The van der Waals surface area contributed by atoms with E-state index in [1.54, 1.807) is 6.08 Å². The van der Waals surface area contributed by atoms with Crippen LogP contribution in [0.1, 0.15) is 57.5 Å². The summed E-state index contributed by atoms with van der Waals surface area (Å²) in [6.45, 7) is 6.30. The number of hydrogen-bond donors (Lipinski definition) is 2. The molecule has 116 valence electrons. The molecule has 4 nitrogen and oxygen atoms in total. The Labute approximate surface area is 126 Å². The van der Waals surface area contributed by atoms with Crippen molar-refractivity contribution in [3.63, 3.8) is 0 Å². The molecule has 2 unspecified atom stereocenters. The molecule has 2 N–H and O–H groups in total. The van der Waals surface area contributed by atoms with Gasteiger partial charge in [0.05, 0.1) is 5.60 Å². The van der Waals surface area contributed by atoms with Crippen LogP contribution in [0, 0.1) is 5.92 Å². The van der Waals surface area contributed by atoms with Crippen LogP contribution in [0.25, 0.3) is 6.08 Å². The lowest BCUT2D eigenvalue weighted by atomic mass is 9.98. The van der Waals surface area contributed by atoms with Crippen LogP contribution in [-0.2, 0) is 4.79 Å². The van der Waals surface area contributed by atoms with Crippen LogP contribution >= 0.6 is 0 Å². The molecular weight excluding hydrogens is 266 g/mol. The highest BCUT2D eigenvalue weighted by molar-refractivity contribution is 5.91. The van der Waals surface area contributed by atoms with E-state index in [2.05, 4.69) is 12.2 Å². The summed E-state index contributed by atoms with van der Waals surface area (Å²) in [5.74, 6) is 2.74. The Balaban J connectivity index is 1.83. The molecule has 2 atom stereocenters. The minimum atomic E-state index is -0.816. The summed E-state index contributed by atoms with van der Waals surface area (Å²) in [4.78, 5) is 11.7. The molecule has 1 amide bonds. The van der Waals surface area contributed by atoms with Crippen LogP contribution in [0.2, 0.25) is 0 Å². The zero-order valence-electron chi connectivity index (χ0n) is 13.1. The number of aliphatic hydroxyl groups is 1. The third kappa shape index (κ3) is 4.21. The molecule has 0 aromatic carbocycles. The predicted molar refractivity (Wildman–Crippen MR) is 82.8 cm³/mol. The van der Waals surface area contributed by atoms with Crippen molar-refractivity contribution in [2.75, 3.05) is 6.54 Å². The van der Waals surface area contributed by atoms with Crippen molar-refractivity contribution >= 4 is 12.0 Å². The van der Waals surface area contributed by atoms with Crippen LogP contribution in [0.15, 0.2) is 22.6 Å². The molecule has 0 aliphatic heterocycles. The Kier molecular flexibility index (Phi) is 4.88. The molecule has 1 fully saturated rings. The maximum absolute atomic E-state index is 11.7. The summed E-state index contributed by atoms with van der Waals surface area (Å²) in [6, 6.07) is 3.87. The molecule has 1 heterocycles. The van der Waals surface area contributed by atoms with Crippen LogP contribution in [0.4, 0.5) is 0 Å². The fraction of sp³-hybridized carbons (Fsp3) is 0.588. The van der Waals surface area contributed by atoms with Gasteiger partial charge in [-0.2, -0.15) is 0 Å². The summed E-state index contributed by atoms with van der Waals surface area (Å²) in [5, 5.41) is 12.8. The maximum Gasteiger partial charge on any atom is 0.244 e. The van der Waals surface area contributed by atoms with E-state index < -0.39 is 5.60 Å². The van der Waals surface area contributed by atoms with Crippen molar-refractivity contribution in [3.8, 4) is 0 Å². The minimum Gasteiger partial charge on any atom is -0.461 e. The number of amides is 1. The fourth-order valence-corrected chi connectivity index (χ4v) is 2.34. The zero-order chi connectivity index (χ0) is 15.5. The molecule has 1 aromatic heterocycles. The van der Waals surface area contributed by atoms with Gasteiger partial charge in [-0.15, -0.1) is 0 Å². The Morgan fingerprint density at radius 2 is 2.14 bits per heavy atom. The molecule has 2 rings (SSSR count). The number of nitrogens with one attached hydrogen (secondary N) is 1. The van der Waals surface area contributed by atoms with Gasteiger partial charge in [-0.3, -0.25) is 4.79 Å². The van der Waals surface area contributed by atoms with Gasteiger partial charge in [-0.25, -0.2) is 0 Å². The van der Waals surface area contributed by atoms with Crippen molar-refractivity contribution in [2.24, 2.45) is 5.92 Å². The van der Waals surface area contributed by atoms with E-state index in [9.17, 15) is 9.90 Å². The zero-order valence-corrected chi connectivity index (χ0v) is 13.1. The number of rotatable bonds is 7. The van der Waals surface area contributed by atoms with Gasteiger partial charge in [0, 0.05) is 18.5 Å². The normalized spacial score (nSPS) is 21.7.